The van der Waals surface area contributed by atoms with Gasteiger partial charge in [0.2, 0.25) is 0 Å². The van der Waals surface area contributed by atoms with Crippen molar-refractivity contribution in [3.8, 4) is 5.75 Å². The third-order valence-electron chi connectivity index (χ3n) is 9.09. The van der Waals surface area contributed by atoms with Crippen LogP contribution in [0.1, 0.15) is 137 Å². The Labute approximate surface area is 356 Å². The van der Waals surface area contributed by atoms with E-state index in [0.717, 1.165) is 72.1 Å². The first-order chi connectivity index (χ1) is 28.0. The molecule has 3 atom stereocenters. The highest BCUT2D eigenvalue weighted by molar-refractivity contribution is 5.92. The number of carbonyl (C=O) groups is 3. The number of carbonyl (C=O) groups excluding carboxylic acids is 3. The van der Waals surface area contributed by atoms with Crippen LogP contribution in [-0.4, -0.2) is 68.9 Å². The summed E-state index contributed by atoms with van der Waals surface area (Å²) >= 11 is 0. The van der Waals surface area contributed by atoms with Crippen LogP contribution < -0.4 is 4.74 Å². The van der Waals surface area contributed by atoms with Crippen molar-refractivity contribution in [1.29, 1.82) is 0 Å². The van der Waals surface area contributed by atoms with E-state index in [0.29, 0.717) is 19.8 Å². The van der Waals surface area contributed by atoms with Crippen LogP contribution in [0.2, 0.25) is 0 Å². The Balaban J connectivity index is 0.00000102. The number of aliphatic hydroxyl groups excluding tert-OH is 1. The Kier molecular flexibility index (Phi) is 28.7. The summed E-state index contributed by atoms with van der Waals surface area (Å²) in [6, 6.07) is 27.1. The lowest BCUT2D eigenvalue weighted by atomic mass is 9.79. The van der Waals surface area contributed by atoms with E-state index in [4.69, 9.17) is 28.8 Å². The molecule has 9 nitrogen and oxygen atoms in total. The van der Waals surface area contributed by atoms with Gasteiger partial charge < -0.3 is 33.6 Å². The highest BCUT2D eigenvalue weighted by atomic mass is 16.6. The van der Waals surface area contributed by atoms with Crippen molar-refractivity contribution < 1.29 is 43.2 Å². The second-order valence-electron chi connectivity index (χ2n) is 15.4. The Morgan fingerprint density at radius 1 is 0.814 bits per heavy atom. The number of benzene rings is 3. The topological polar surface area (TPSA) is 118 Å². The molecule has 0 aromatic heterocycles. The number of hydrogen-bond donors (Lipinski definition) is 1. The van der Waals surface area contributed by atoms with E-state index in [1.165, 1.54) is 0 Å². The van der Waals surface area contributed by atoms with Crippen molar-refractivity contribution in [3.63, 3.8) is 0 Å². The van der Waals surface area contributed by atoms with Gasteiger partial charge in [0.25, 0.3) is 0 Å². The van der Waals surface area contributed by atoms with Crippen LogP contribution >= 0.6 is 0 Å². The molecule has 1 heterocycles. The first kappa shape index (κ1) is 54.9. The molecular weight excluding hydrogens is 745 g/mol. The molecule has 330 valence electrons. The molecular formula is C50H76O9. The monoisotopic (exact) mass is 821 g/mol. The van der Waals surface area contributed by atoms with E-state index < -0.39 is 5.60 Å². The summed E-state index contributed by atoms with van der Waals surface area (Å²) in [7, 11) is 3.40. The maximum atomic E-state index is 11.1. The lowest BCUT2D eigenvalue weighted by Crippen LogP contribution is -2.35. The molecule has 0 aliphatic carbocycles. The number of unbranched alkanes of at least 4 members (excludes halogenated alkanes) is 1. The molecule has 3 aromatic carbocycles. The average molecular weight is 821 g/mol. The molecule has 0 bridgehead atoms. The molecule has 3 aromatic rings. The van der Waals surface area contributed by atoms with E-state index in [2.05, 4.69) is 74.5 Å². The summed E-state index contributed by atoms with van der Waals surface area (Å²) in [5, 5.41) is 7.57. The zero-order valence-electron chi connectivity index (χ0n) is 38.5. The van der Waals surface area contributed by atoms with Gasteiger partial charge in [-0.2, -0.15) is 0 Å². The van der Waals surface area contributed by atoms with Gasteiger partial charge in [-0.15, -0.1) is 0 Å². The van der Waals surface area contributed by atoms with Crippen LogP contribution in [-0.2, 0) is 45.5 Å². The van der Waals surface area contributed by atoms with Gasteiger partial charge in [-0.05, 0) is 128 Å². The Hall–Kier alpha value is -4.15. The maximum absolute atomic E-state index is 11.1. The van der Waals surface area contributed by atoms with E-state index >= 15 is 0 Å². The maximum Gasteiger partial charge on any atom is 0.311 e. The van der Waals surface area contributed by atoms with Crippen molar-refractivity contribution in [2.24, 2.45) is 5.41 Å². The zero-order chi connectivity index (χ0) is 44.9. The third-order valence-corrected chi connectivity index (χ3v) is 9.09. The minimum atomic E-state index is -0.770. The fraction of sp³-hybridized carbons (Fsp3) is 0.540. The Morgan fingerprint density at radius 2 is 1.36 bits per heavy atom. The lowest BCUT2D eigenvalue weighted by molar-refractivity contribution is -0.153. The van der Waals surface area contributed by atoms with Gasteiger partial charge in [0.1, 0.15) is 17.1 Å². The van der Waals surface area contributed by atoms with Crippen LogP contribution in [0.15, 0.2) is 90.5 Å². The van der Waals surface area contributed by atoms with Gasteiger partial charge >= 0.3 is 5.97 Å². The number of aliphatic hydroxyl groups is 1. The summed E-state index contributed by atoms with van der Waals surface area (Å²) < 4.78 is 28.7. The summed E-state index contributed by atoms with van der Waals surface area (Å²) in [4.78, 5) is 31.5. The molecule has 1 fully saturated rings. The highest BCUT2D eigenvalue weighted by Gasteiger charge is 2.39. The van der Waals surface area contributed by atoms with Crippen molar-refractivity contribution in [2.75, 3.05) is 34.0 Å². The molecule has 4 rings (SSSR count). The first-order valence-corrected chi connectivity index (χ1v) is 21.0. The minimum Gasteiger partial charge on any atom is -0.497 e. The second-order valence-corrected chi connectivity index (χ2v) is 15.4. The average Bonchev–Trinajstić information content (AvgIpc) is 3.64. The van der Waals surface area contributed by atoms with Gasteiger partial charge in [0.05, 0.1) is 44.6 Å². The summed E-state index contributed by atoms with van der Waals surface area (Å²) in [6.07, 6.45) is 8.02. The van der Waals surface area contributed by atoms with Crippen molar-refractivity contribution in [2.45, 2.75) is 139 Å². The summed E-state index contributed by atoms with van der Waals surface area (Å²) in [5.41, 5.74) is 4.04. The molecule has 0 saturated carbocycles. The van der Waals surface area contributed by atoms with Gasteiger partial charge in [-0.25, -0.2) is 0 Å². The van der Waals surface area contributed by atoms with Gasteiger partial charge in [-0.1, -0.05) is 93.1 Å². The fourth-order valence-electron chi connectivity index (χ4n) is 5.56. The number of allylic oxidation sites excluding steroid dienone is 2. The molecule has 9 heteroatoms. The van der Waals surface area contributed by atoms with E-state index in [-0.39, 0.29) is 41.8 Å². The Morgan fingerprint density at radius 3 is 1.73 bits per heavy atom. The molecule has 59 heavy (non-hydrogen) atoms. The molecule has 0 spiro atoms. The number of Topliss-reactive ketones (excluding diaryl/α,β-unsaturated/α-hetero) is 2. The van der Waals surface area contributed by atoms with E-state index in [9.17, 15) is 14.4 Å². The van der Waals surface area contributed by atoms with Crippen molar-refractivity contribution in [1.82, 2.24) is 0 Å². The second kappa shape index (κ2) is 30.8. The summed E-state index contributed by atoms with van der Waals surface area (Å²) in [6.45, 7) is 22.2. The standard InChI is InChI=1S/C28H32O4.C9H18O2.C6H10O.C5H10O.C2H6O/c1-21-9-16-27(32-21)20-31-28(23-7-5-4-6-8-23,25-14-17-26(30-3)18-15-25)24-12-10-22(11-13-24)19-29-2;1-5-6-7-11-8(10)9(2,3)4;1-4-5(2)6(3)7;1-3-4-5(2)6;1-2-3/h4-8,10-15,17-18,21,27H,9,16,19-20H2,1-3H3;5-7H2,1-4H3;4H,1-3H3;3-4H2,1-2H3;3H,2H2,1H3/b;;5-4-;;. The van der Waals surface area contributed by atoms with Crippen molar-refractivity contribution in [3.05, 3.63) is 113 Å². The van der Waals surface area contributed by atoms with Crippen LogP contribution in [0.3, 0.4) is 0 Å². The molecule has 1 N–H and O–H groups in total. The highest BCUT2D eigenvalue weighted by Crippen LogP contribution is 2.42. The Bertz CT molecular complexity index is 1590. The number of methoxy groups -OCH3 is 2. The molecule has 1 aliphatic rings. The predicted octanol–water partition coefficient (Wildman–Crippen LogP) is 11.0. The molecule has 0 radical (unpaired) electrons. The lowest BCUT2D eigenvalue weighted by Gasteiger charge is -2.37. The number of esters is 1. The minimum absolute atomic E-state index is 0.0964. The first-order valence-electron chi connectivity index (χ1n) is 21.0. The summed E-state index contributed by atoms with van der Waals surface area (Å²) in [5.74, 6) is 1.16. The molecule has 0 amide bonds. The SMILES string of the molecule is C/C=C(/C)C(C)=O.CCCC(C)=O.CCCCOC(=O)C(C)(C)C.CCO.COCc1ccc(C(OCC2CCC(C)O2)(c2ccccc2)c2ccc(OC)cc2)cc1. The van der Waals surface area contributed by atoms with E-state index in [1.807, 2.05) is 65.8 Å². The van der Waals surface area contributed by atoms with Gasteiger partial charge in [-0.3, -0.25) is 9.59 Å². The third kappa shape index (κ3) is 21.6. The smallest absolute Gasteiger partial charge is 0.311 e. The normalized spacial score (nSPS) is 15.5. The fourth-order valence-corrected chi connectivity index (χ4v) is 5.56. The predicted molar refractivity (Wildman–Crippen MR) is 240 cm³/mol. The van der Waals surface area contributed by atoms with Gasteiger partial charge in [0.15, 0.2) is 5.78 Å². The van der Waals surface area contributed by atoms with Crippen LogP contribution in [0.5, 0.6) is 5.75 Å². The number of ether oxygens (including phenoxy) is 5. The van der Waals surface area contributed by atoms with Crippen LogP contribution in [0, 0.1) is 5.41 Å². The zero-order valence-corrected chi connectivity index (χ0v) is 38.5. The molecule has 1 saturated heterocycles. The van der Waals surface area contributed by atoms with Crippen LogP contribution in [0.25, 0.3) is 0 Å². The number of hydrogen-bond acceptors (Lipinski definition) is 9. The molecule has 1 aliphatic heterocycles. The van der Waals surface area contributed by atoms with Gasteiger partial charge in [0, 0.05) is 20.1 Å². The van der Waals surface area contributed by atoms with E-state index in [1.54, 1.807) is 35.0 Å². The number of ketones is 2. The molecule has 3 unspecified atom stereocenters. The van der Waals surface area contributed by atoms with Crippen molar-refractivity contribution >= 4 is 17.5 Å². The largest absolute Gasteiger partial charge is 0.497 e. The number of rotatable bonds is 15. The quantitative estimate of drug-likeness (QED) is 0.0692. The van der Waals surface area contributed by atoms with Crippen LogP contribution in [0.4, 0.5) is 0 Å².